The number of aliphatic hydroxyl groups is 1. The van der Waals surface area contributed by atoms with Gasteiger partial charge < -0.3 is 14.6 Å². The molecule has 0 aliphatic rings. The van der Waals surface area contributed by atoms with Crippen molar-refractivity contribution in [1.29, 1.82) is 0 Å². The number of ether oxygens (including phenoxy) is 2. The van der Waals surface area contributed by atoms with Crippen LogP contribution in [0, 0.1) is 0 Å². The van der Waals surface area contributed by atoms with Crippen molar-refractivity contribution in [3.05, 3.63) is 23.8 Å². The minimum absolute atomic E-state index is 0.0186. The summed E-state index contributed by atoms with van der Waals surface area (Å²) in [6.07, 6.45) is 2.00. The summed E-state index contributed by atoms with van der Waals surface area (Å²) in [5.41, 5.74) is 0.510. The molecule has 1 rings (SSSR count). The van der Waals surface area contributed by atoms with Crippen LogP contribution < -0.4 is 9.46 Å². The second-order valence-electron chi connectivity index (χ2n) is 4.51. The molecular weight excluding hydrogens is 294 g/mol. The molecule has 0 aromatic heterocycles. The Bertz CT molecular complexity index is 530. The van der Waals surface area contributed by atoms with Crippen molar-refractivity contribution in [2.75, 3.05) is 26.9 Å². The Hall–Kier alpha value is -1.15. The summed E-state index contributed by atoms with van der Waals surface area (Å²) in [7, 11) is -2.29. The van der Waals surface area contributed by atoms with Crippen LogP contribution in [0.2, 0.25) is 0 Å². The van der Waals surface area contributed by atoms with Gasteiger partial charge in [0, 0.05) is 13.2 Å². The average molecular weight is 317 g/mol. The van der Waals surface area contributed by atoms with Crippen LogP contribution in [0.5, 0.6) is 5.75 Å². The Balaban J connectivity index is 2.69. The van der Waals surface area contributed by atoms with Crippen molar-refractivity contribution >= 4 is 10.0 Å². The zero-order valence-corrected chi connectivity index (χ0v) is 13.3. The van der Waals surface area contributed by atoms with E-state index in [1.165, 1.54) is 19.2 Å². The van der Waals surface area contributed by atoms with E-state index in [1.807, 2.05) is 0 Å². The minimum Gasteiger partial charge on any atom is -0.495 e. The highest BCUT2D eigenvalue weighted by Gasteiger charge is 2.19. The summed E-state index contributed by atoms with van der Waals surface area (Å²) in [5.74, 6) is 0.242. The molecule has 0 aliphatic carbocycles. The maximum absolute atomic E-state index is 12.2. The fourth-order valence-electron chi connectivity index (χ4n) is 1.70. The predicted octanol–water partition coefficient (Wildman–Crippen LogP) is 1.28. The van der Waals surface area contributed by atoms with E-state index in [4.69, 9.17) is 14.6 Å². The molecule has 0 unspecified atom stereocenters. The van der Waals surface area contributed by atoms with Crippen molar-refractivity contribution in [2.45, 2.75) is 31.3 Å². The first-order chi connectivity index (χ1) is 10.0. The predicted molar refractivity (Wildman–Crippen MR) is 79.8 cm³/mol. The van der Waals surface area contributed by atoms with Crippen molar-refractivity contribution < 1.29 is 23.0 Å². The highest BCUT2D eigenvalue weighted by Crippen LogP contribution is 2.24. The number of methoxy groups -OCH3 is 1. The van der Waals surface area contributed by atoms with Gasteiger partial charge in [0.25, 0.3) is 0 Å². The van der Waals surface area contributed by atoms with Crippen LogP contribution >= 0.6 is 0 Å². The molecule has 1 aromatic rings. The second kappa shape index (κ2) is 8.99. The van der Waals surface area contributed by atoms with Gasteiger partial charge in [-0.15, -0.1) is 0 Å². The largest absolute Gasteiger partial charge is 0.495 e. The van der Waals surface area contributed by atoms with E-state index in [1.54, 1.807) is 6.07 Å². The maximum Gasteiger partial charge on any atom is 0.244 e. The van der Waals surface area contributed by atoms with E-state index in [2.05, 4.69) is 11.6 Å². The summed E-state index contributed by atoms with van der Waals surface area (Å²) in [6.45, 7) is 2.97. The molecule has 120 valence electrons. The third-order valence-corrected chi connectivity index (χ3v) is 4.36. The highest BCUT2D eigenvalue weighted by atomic mass is 32.2. The highest BCUT2D eigenvalue weighted by molar-refractivity contribution is 7.89. The summed E-state index contributed by atoms with van der Waals surface area (Å²) in [6, 6.07) is 4.54. The lowest BCUT2D eigenvalue weighted by Crippen LogP contribution is -2.28. The SMILES string of the molecule is CCCCOCCNS(=O)(=O)c1cc(CO)ccc1OC. The van der Waals surface area contributed by atoms with Gasteiger partial charge >= 0.3 is 0 Å². The summed E-state index contributed by atoms with van der Waals surface area (Å²) in [5, 5.41) is 9.11. The van der Waals surface area contributed by atoms with Gasteiger partial charge in [0.15, 0.2) is 0 Å². The van der Waals surface area contributed by atoms with Crippen LogP contribution in [0.15, 0.2) is 23.1 Å². The Morgan fingerprint density at radius 1 is 1.29 bits per heavy atom. The molecule has 0 spiro atoms. The molecule has 2 N–H and O–H groups in total. The molecule has 0 atom stereocenters. The molecule has 0 bridgehead atoms. The van der Waals surface area contributed by atoms with Gasteiger partial charge in [-0.1, -0.05) is 19.4 Å². The normalized spacial score (nSPS) is 11.6. The Morgan fingerprint density at radius 2 is 2.05 bits per heavy atom. The quantitative estimate of drug-likeness (QED) is 0.635. The van der Waals surface area contributed by atoms with Crippen LogP contribution in [0.3, 0.4) is 0 Å². The number of sulfonamides is 1. The smallest absolute Gasteiger partial charge is 0.244 e. The van der Waals surface area contributed by atoms with Crippen LogP contribution in [-0.2, 0) is 21.4 Å². The first-order valence-corrected chi connectivity index (χ1v) is 8.38. The van der Waals surface area contributed by atoms with Crippen molar-refractivity contribution in [3.63, 3.8) is 0 Å². The molecule has 0 saturated heterocycles. The molecule has 0 fully saturated rings. The van der Waals surface area contributed by atoms with E-state index < -0.39 is 10.0 Å². The Kier molecular flexibility index (Phi) is 7.66. The first kappa shape index (κ1) is 17.9. The van der Waals surface area contributed by atoms with E-state index in [0.29, 0.717) is 18.8 Å². The topological polar surface area (TPSA) is 84.9 Å². The van der Waals surface area contributed by atoms with Gasteiger partial charge in [0.1, 0.15) is 10.6 Å². The van der Waals surface area contributed by atoms with Crippen LogP contribution in [-0.4, -0.2) is 40.4 Å². The molecule has 0 amide bonds. The lowest BCUT2D eigenvalue weighted by molar-refractivity contribution is 0.136. The molecule has 7 heteroatoms. The number of aliphatic hydroxyl groups excluding tert-OH is 1. The minimum atomic E-state index is -3.69. The fraction of sp³-hybridized carbons (Fsp3) is 0.571. The van der Waals surface area contributed by atoms with Crippen molar-refractivity contribution in [2.24, 2.45) is 0 Å². The van der Waals surface area contributed by atoms with Crippen molar-refractivity contribution in [3.8, 4) is 5.75 Å². The number of nitrogens with one attached hydrogen (secondary N) is 1. The fourth-order valence-corrected chi connectivity index (χ4v) is 2.93. The third kappa shape index (κ3) is 5.62. The number of rotatable bonds is 10. The second-order valence-corrected chi connectivity index (χ2v) is 6.24. The molecule has 1 aromatic carbocycles. The summed E-state index contributed by atoms with van der Waals surface area (Å²) >= 11 is 0. The molecule has 0 radical (unpaired) electrons. The maximum atomic E-state index is 12.2. The van der Waals surface area contributed by atoms with Gasteiger partial charge in [0.05, 0.1) is 20.3 Å². The van der Waals surface area contributed by atoms with Gasteiger partial charge in [-0.25, -0.2) is 13.1 Å². The molecule has 6 nitrogen and oxygen atoms in total. The summed E-state index contributed by atoms with van der Waals surface area (Å²) < 4.78 is 37.3. The zero-order chi connectivity index (χ0) is 15.7. The Morgan fingerprint density at radius 3 is 2.67 bits per heavy atom. The van der Waals surface area contributed by atoms with E-state index in [9.17, 15) is 8.42 Å². The molecule has 21 heavy (non-hydrogen) atoms. The monoisotopic (exact) mass is 317 g/mol. The van der Waals surface area contributed by atoms with Crippen LogP contribution in [0.4, 0.5) is 0 Å². The first-order valence-electron chi connectivity index (χ1n) is 6.90. The van der Waals surface area contributed by atoms with Gasteiger partial charge in [0.2, 0.25) is 10.0 Å². The molecule has 0 heterocycles. The molecule has 0 aliphatic heterocycles. The van der Waals surface area contributed by atoms with E-state index in [-0.39, 0.29) is 23.8 Å². The van der Waals surface area contributed by atoms with Gasteiger partial charge in [-0.2, -0.15) is 0 Å². The summed E-state index contributed by atoms with van der Waals surface area (Å²) in [4.78, 5) is 0.0186. The zero-order valence-electron chi connectivity index (χ0n) is 12.5. The Labute approximate surface area is 126 Å². The molecular formula is C14H23NO5S. The molecule has 0 saturated carbocycles. The van der Waals surface area contributed by atoms with Gasteiger partial charge in [-0.05, 0) is 24.1 Å². The standard InChI is InChI=1S/C14H23NO5S/c1-3-4-8-20-9-7-15-21(17,18)14-10-12(11-16)5-6-13(14)19-2/h5-6,10,15-16H,3-4,7-9,11H2,1-2H3. The van der Waals surface area contributed by atoms with E-state index in [0.717, 1.165) is 12.8 Å². The lowest BCUT2D eigenvalue weighted by atomic mass is 10.2. The lowest BCUT2D eigenvalue weighted by Gasteiger charge is -2.12. The van der Waals surface area contributed by atoms with Crippen LogP contribution in [0.1, 0.15) is 25.3 Å². The van der Waals surface area contributed by atoms with Crippen LogP contribution in [0.25, 0.3) is 0 Å². The number of unbranched alkanes of at least 4 members (excludes halogenated alkanes) is 1. The number of hydrogen-bond donors (Lipinski definition) is 2. The van der Waals surface area contributed by atoms with Crippen molar-refractivity contribution in [1.82, 2.24) is 4.72 Å². The number of hydrogen-bond acceptors (Lipinski definition) is 5. The van der Waals surface area contributed by atoms with Gasteiger partial charge in [-0.3, -0.25) is 0 Å². The number of benzene rings is 1. The third-order valence-electron chi connectivity index (χ3n) is 2.88. The van der Waals surface area contributed by atoms with E-state index >= 15 is 0 Å². The average Bonchev–Trinajstić information content (AvgIpc) is 2.50.